The van der Waals surface area contributed by atoms with E-state index in [-0.39, 0.29) is 0 Å². The first-order valence-corrected chi connectivity index (χ1v) is 12.9. The molecule has 0 saturated heterocycles. The average Bonchev–Trinajstić information content (AvgIpc) is 3.47. The fourth-order valence-electron chi connectivity index (χ4n) is 3.99. The molecular weight excluding hydrogens is 452 g/mol. The number of benzene rings is 4. The summed E-state index contributed by atoms with van der Waals surface area (Å²) in [5.74, 6) is 0. The average molecular weight is 475 g/mol. The Morgan fingerprint density at radius 1 is 0.529 bits per heavy atom. The van der Waals surface area contributed by atoms with Crippen LogP contribution in [0.5, 0.6) is 0 Å². The molecule has 0 radical (unpaired) electrons. The van der Waals surface area contributed by atoms with Gasteiger partial charge < -0.3 is 0 Å². The quantitative estimate of drug-likeness (QED) is 0.238. The minimum absolute atomic E-state index is 1.07. The van der Waals surface area contributed by atoms with E-state index in [4.69, 9.17) is 9.97 Å². The molecule has 0 amide bonds. The number of aromatic nitrogens is 2. The van der Waals surface area contributed by atoms with Crippen molar-refractivity contribution in [2.24, 2.45) is 0 Å². The summed E-state index contributed by atoms with van der Waals surface area (Å²) in [6, 6.07) is 30.1. The van der Waals surface area contributed by atoms with E-state index in [0.717, 1.165) is 32.2 Å². The van der Waals surface area contributed by atoms with E-state index in [9.17, 15) is 0 Å². The molecule has 0 aliphatic heterocycles. The minimum Gasteiger partial charge on any atom is -0.236 e. The topological polar surface area (TPSA) is 25.8 Å². The monoisotopic (exact) mass is 474 g/mol. The van der Waals surface area contributed by atoms with Crippen LogP contribution in [0.15, 0.2) is 84.9 Å². The van der Waals surface area contributed by atoms with Crippen molar-refractivity contribution in [1.82, 2.24) is 9.97 Å². The lowest BCUT2D eigenvalue weighted by molar-refractivity contribution is 1.44. The fourth-order valence-corrected chi connectivity index (χ4v) is 5.89. The Morgan fingerprint density at radius 2 is 0.941 bits per heavy atom. The van der Waals surface area contributed by atoms with Gasteiger partial charge in [0.2, 0.25) is 0 Å². The Balaban J connectivity index is 1.18. The maximum Gasteiger partial charge on any atom is 0.124 e. The summed E-state index contributed by atoms with van der Waals surface area (Å²) in [5.41, 5.74) is 9.30. The molecule has 34 heavy (non-hydrogen) atoms. The highest BCUT2D eigenvalue weighted by atomic mass is 32.1. The molecule has 0 fully saturated rings. The highest BCUT2D eigenvalue weighted by molar-refractivity contribution is 7.22. The van der Waals surface area contributed by atoms with Crippen molar-refractivity contribution >= 4 is 55.3 Å². The van der Waals surface area contributed by atoms with Crippen molar-refractivity contribution in [3.05, 3.63) is 107 Å². The number of hydrogen-bond acceptors (Lipinski definition) is 4. The third-order valence-electron chi connectivity index (χ3n) is 5.87. The van der Waals surface area contributed by atoms with E-state index < -0.39 is 0 Å². The highest BCUT2D eigenvalue weighted by Crippen LogP contribution is 2.32. The second kappa shape index (κ2) is 8.64. The lowest BCUT2D eigenvalue weighted by Gasteiger charge is -1.99. The number of thiazole rings is 2. The van der Waals surface area contributed by atoms with Gasteiger partial charge in [-0.25, -0.2) is 9.97 Å². The molecule has 2 heterocycles. The van der Waals surface area contributed by atoms with E-state index in [1.54, 1.807) is 22.7 Å². The smallest absolute Gasteiger partial charge is 0.124 e. The predicted molar refractivity (Wildman–Crippen MR) is 149 cm³/mol. The molecule has 0 aliphatic carbocycles. The first kappa shape index (κ1) is 21.0. The SMILES string of the molecule is Cc1ccc2sc(-c3ccc(C=Cc4ccc(-c5nc6cc(C)ccc6s5)cc4)cc3)nc2c1. The molecule has 0 unspecified atom stereocenters. The van der Waals surface area contributed by atoms with Gasteiger partial charge in [-0.1, -0.05) is 72.8 Å². The van der Waals surface area contributed by atoms with E-state index >= 15 is 0 Å². The zero-order valence-electron chi connectivity index (χ0n) is 18.9. The first-order chi connectivity index (χ1) is 16.6. The van der Waals surface area contributed by atoms with E-state index in [0.29, 0.717) is 0 Å². The van der Waals surface area contributed by atoms with Gasteiger partial charge in [-0.2, -0.15) is 0 Å². The van der Waals surface area contributed by atoms with Gasteiger partial charge in [-0.05, 0) is 60.4 Å². The summed E-state index contributed by atoms with van der Waals surface area (Å²) in [6.07, 6.45) is 4.31. The fraction of sp³-hybridized carbons (Fsp3) is 0.0667. The van der Waals surface area contributed by atoms with Crippen LogP contribution in [0.3, 0.4) is 0 Å². The maximum absolute atomic E-state index is 4.81. The van der Waals surface area contributed by atoms with Crippen LogP contribution < -0.4 is 0 Å². The molecule has 0 spiro atoms. The summed E-state index contributed by atoms with van der Waals surface area (Å²) >= 11 is 3.49. The molecular formula is C30H22N2S2. The summed E-state index contributed by atoms with van der Waals surface area (Å²) < 4.78 is 2.46. The number of hydrogen-bond donors (Lipinski definition) is 0. The number of rotatable bonds is 4. The Morgan fingerprint density at radius 3 is 1.35 bits per heavy atom. The summed E-state index contributed by atoms with van der Waals surface area (Å²) in [7, 11) is 0. The number of nitrogens with zero attached hydrogens (tertiary/aromatic N) is 2. The van der Waals surface area contributed by atoms with E-state index in [1.807, 2.05) is 0 Å². The third-order valence-corrected chi connectivity index (χ3v) is 8.04. The predicted octanol–water partition coefficient (Wildman–Crippen LogP) is 9.03. The van der Waals surface area contributed by atoms with Crippen LogP contribution in [0.1, 0.15) is 22.3 Å². The molecule has 6 rings (SSSR count). The van der Waals surface area contributed by atoms with Crippen molar-refractivity contribution in [2.45, 2.75) is 13.8 Å². The molecule has 0 bridgehead atoms. The number of aryl methyl sites for hydroxylation is 2. The van der Waals surface area contributed by atoms with Gasteiger partial charge in [-0.3, -0.25) is 0 Å². The Kier molecular flexibility index (Phi) is 5.33. The molecule has 0 atom stereocenters. The van der Waals surface area contributed by atoms with Crippen molar-refractivity contribution in [3.63, 3.8) is 0 Å². The molecule has 164 valence electrons. The maximum atomic E-state index is 4.81. The lowest BCUT2D eigenvalue weighted by Crippen LogP contribution is -1.79. The van der Waals surface area contributed by atoms with E-state index in [2.05, 4.69) is 111 Å². The van der Waals surface area contributed by atoms with Crippen LogP contribution in [0.2, 0.25) is 0 Å². The molecule has 2 nitrogen and oxygen atoms in total. The van der Waals surface area contributed by atoms with Gasteiger partial charge in [-0.15, -0.1) is 22.7 Å². The van der Waals surface area contributed by atoms with Gasteiger partial charge in [0.1, 0.15) is 10.0 Å². The van der Waals surface area contributed by atoms with Crippen LogP contribution in [0.25, 0.3) is 53.7 Å². The van der Waals surface area contributed by atoms with Crippen LogP contribution in [0, 0.1) is 13.8 Å². The summed E-state index contributed by atoms with van der Waals surface area (Å²) in [5, 5.41) is 2.13. The summed E-state index contributed by atoms with van der Waals surface area (Å²) in [6.45, 7) is 4.21. The molecule has 4 heteroatoms. The van der Waals surface area contributed by atoms with E-state index in [1.165, 1.54) is 31.7 Å². The lowest BCUT2D eigenvalue weighted by atomic mass is 10.1. The zero-order chi connectivity index (χ0) is 23.1. The Bertz CT molecular complexity index is 1530. The van der Waals surface area contributed by atoms with Gasteiger partial charge in [0.15, 0.2) is 0 Å². The largest absolute Gasteiger partial charge is 0.236 e. The first-order valence-electron chi connectivity index (χ1n) is 11.2. The zero-order valence-corrected chi connectivity index (χ0v) is 20.6. The molecule has 0 N–H and O–H groups in total. The molecule has 0 aliphatic rings. The highest BCUT2D eigenvalue weighted by Gasteiger charge is 2.07. The minimum atomic E-state index is 1.07. The molecule has 2 aromatic heterocycles. The Labute approximate surface area is 206 Å². The van der Waals surface area contributed by atoms with Crippen LogP contribution in [-0.4, -0.2) is 9.97 Å². The standard InChI is InChI=1S/C30H22N2S2/c1-19-3-15-27-25(17-19)31-29(33-27)23-11-7-21(8-12-23)5-6-22-9-13-24(14-10-22)30-32-26-18-20(2)4-16-28(26)34-30/h3-18H,1-2H3. The Hall–Kier alpha value is -3.60. The second-order valence-corrected chi connectivity index (χ2v) is 10.6. The summed E-state index contributed by atoms with van der Waals surface area (Å²) in [4.78, 5) is 9.63. The number of fused-ring (bicyclic) bond motifs is 2. The van der Waals surface area contributed by atoms with Gasteiger partial charge in [0, 0.05) is 11.1 Å². The second-order valence-electron chi connectivity index (χ2n) is 8.56. The van der Waals surface area contributed by atoms with Crippen LogP contribution >= 0.6 is 22.7 Å². The van der Waals surface area contributed by atoms with Crippen molar-refractivity contribution in [1.29, 1.82) is 0 Å². The van der Waals surface area contributed by atoms with Crippen molar-refractivity contribution in [3.8, 4) is 21.1 Å². The van der Waals surface area contributed by atoms with Crippen LogP contribution in [-0.2, 0) is 0 Å². The van der Waals surface area contributed by atoms with Crippen molar-refractivity contribution in [2.75, 3.05) is 0 Å². The molecule has 6 aromatic rings. The molecule has 4 aromatic carbocycles. The van der Waals surface area contributed by atoms with Gasteiger partial charge >= 0.3 is 0 Å². The van der Waals surface area contributed by atoms with Crippen molar-refractivity contribution < 1.29 is 0 Å². The van der Waals surface area contributed by atoms with Gasteiger partial charge in [0.25, 0.3) is 0 Å². The normalized spacial score (nSPS) is 11.7. The van der Waals surface area contributed by atoms with Crippen LogP contribution in [0.4, 0.5) is 0 Å². The third kappa shape index (κ3) is 4.18. The van der Waals surface area contributed by atoms with Gasteiger partial charge in [0.05, 0.1) is 20.4 Å². The molecule has 0 saturated carbocycles.